The number of hydrogen-bond donors (Lipinski definition) is 1. The van der Waals surface area contributed by atoms with Gasteiger partial charge in [0.25, 0.3) is 0 Å². The van der Waals surface area contributed by atoms with Crippen LogP contribution in [0.4, 0.5) is 0 Å². The molecule has 0 atom stereocenters. The van der Waals surface area contributed by atoms with Gasteiger partial charge >= 0.3 is 0 Å². The molecule has 1 aromatic carbocycles. The summed E-state index contributed by atoms with van der Waals surface area (Å²) in [6.07, 6.45) is 2.30. The van der Waals surface area contributed by atoms with Crippen molar-refractivity contribution in [3.05, 3.63) is 29.8 Å². The number of nitrogens with one attached hydrogen (secondary N) is 1. The summed E-state index contributed by atoms with van der Waals surface area (Å²) in [6, 6.07) is 7.59. The number of sulfonamides is 1. The Labute approximate surface area is 122 Å². The normalized spacial score (nSPS) is 16.1. The van der Waals surface area contributed by atoms with Crippen LogP contribution in [-0.4, -0.2) is 32.4 Å². The number of nitrogens with zero attached hydrogens (tertiary/aromatic N) is 1. The van der Waals surface area contributed by atoms with E-state index < -0.39 is 10.0 Å². The molecule has 2 rings (SSSR count). The molecule has 20 heavy (non-hydrogen) atoms. The molecule has 112 valence electrons. The highest BCUT2D eigenvalue weighted by molar-refractivity contribution is 7.89. The van der Waals surface area contributed by atoms with E-state index in [4.69, 9.17) is 0 Å². The highest BCUT2D eigenvalue weighted by Gasteiger charge is 2.28. The fraction of sp³-hybridized carbons (Fsp3) is 0.600. The maximum absolute atomic E-state index is 12.4. The summed E-state index contributed by atoms with van der Waals surface area (Å²) in [5.41, 5.74) is 1.10. The molecular weight excluding hydrogens is 272 g/mol. The van der Waals surface area contributed by atoms with Crippen molar-refractivity contribution in [2.45, 2.75) is 44.2 Å². The van der Waals surface area contributed by atoms with Gasteiger partial charge in [-0.1, -0.05) is 26.0 Å². The Balaban J connectivity index is 2.03. The maximum Gasteiger partial charge on any atom is 0.242 e. The maximum atomic E-state index is 12.4. The van der Waals surface area contributed by atoms with Crippen LogP contribution in [-0.2, 0) is 16.6 Å². The quantitative estimate of drug-likeness (QED) is 0.839. The van der Waals surface area contributed by atoms with Crippen LogP contribution in [0.25, 0.3) is 0 Å². The van der Waals surface area contributed by atoms with Crippen molar-refractivity contribution in [1.29, 1.82) is 0 Å². The number of benzene rings is 1. The Kier molecular flexibility index (Phi) is 4.83. The van der Waals surface area contributed by atoms with E-state index in [1.807, 2.05) is 12.1 Å². The largest absolute Gasteiger partial charge is 0.310 e. The van der Waals surface area contributed by atoms with E-state index in [1.54, 1.807) is 19.2 Å². The Morgan fingerprint density at radius 1 is 1.25 bits per heavy atom. The second kappa shape index (κ2) is 6.24. The van der Waals surface area contributed by atoms with Gasteiger partial charge in [-0.05, 0) is 36.5 Å². The van der Waals surface area contributed by atoms with Gasteiger partial charge < -0.3 is 5.32 Å². The first-order chi connectivity index (χ1) is 9.39. The summed E-state index contributed by atoms with van der Waals surface area (Å²) in [6.45, 7) is 5.58. The van der Waals surface area contributed by atoms with E-state index in [9.17, 15) is 8.42 Å². The fourth-order valence-corrected chi connectivity index (χ4v) is 3.29. The average Bonchev–Trinajstić information content (AvgIpc) is 3.20. The molecular formula is C15H24N2O2S. The summed E-state index contributed by atoms with van der Waals surface area (Å²) >= 11 is 0. The average molecular weight is 296 g/mol. The molecule has 4 nitrogen and oxygen atoms in total. The lowest BCUT2D eigenvalue weighted by Gasteiger charge is -2.17. The van der Waals surface area contributed by atoms with Crippen LogP contribution in [0.2, 0.25) is 0 Å². The predicted molar refractivity (Wildman–Crippen MR) is 81.0 cm³/mol. The molecule has 1 N–H and O–H groups in total. The zero-order chi connectivity index (χ0) is 14.8. The molecule has 1 aromatic rings. The number of rotatable bonds is 7. The van der Waals surface area contributed by atoms with Crippen molar-refractivity contribution in [1.82, 2.24) is 9.62 Å². The molecule has 5 heteroatoms. The van der Waals surface area contributed by atoms with Gasteiger partial charge in [-0.3, -0.25) is 0 Å². The lowest BCUT2D eigenvalue weighted by molar-refractivity contribution is 0.453. The van der Waals surface area contributed by atoms with Crippen LogP contribution in [0.3, 0.4) is 0 Å². The lowest BCUT2D eigenvalue weighted by atomic mass is 10.2. The molecule has 1 aliphatic carbocycles. The molecule has 0 radical (unpaired) electrons. The van der Waals surface area contributed by atoms with Crippen molar-refractivity contribution in [2.75, 3.05) is 13.6 Å². The summed E-state index contributed by atoms with van der Waals surface area (Å²) in [5.74, 6) is 0.560. The minimum absolute atomic E-state index is 0.383. The minimum atomic E-state index is -3.33. The zero-order valence-corrected chi connectivity index (χ0v) is 13.3. The summed E-state index contributed by atoms with van der Waals surface area (Å²) < 4.78 is 26.2. The molecule has 1 saturated carbocycles. The van der Waals surface area contributed by atoms with Crippen molar-refractivity contribution in [3.63, 3.8) is 0 Å². The molecule has 0 heterocycles. The Hall–Kier alpha value is -0.910. The third-order valence-electron chi connectivity index (χ3n) is 3.56. The minimum Gasteiger partial charge on any atom is -0.310 e. The molecule has 1 aliphatic rings. The zero-order valence-electron chi connectivity index (χ0n) is 12.5. The summed E-state index contributed by atoms with van der Waals surface area (Å²) in [4.78, 5) is 0.383. The molecule has 0 spiro atoms. The number of hydrogen-bond acceptors (Lipinski definition) is 3. The van der Waals surface area contributed by atoms with Crippen LogP contribution in [0, 0.1) is 5.92 Å². The van der Waals surface area contributed by atoms with E-state index in [0.29, 0.717) is 23.4 Å². The van der Waals surface area contributed by atoms with Gasteiger partial charge in [0.15, 0.2) is 0 Å². The van der Waals surface area contributed by atoms with Crippen LogP contribution >= 0.6 is 0 Å². The monoisotopic (exact) mass is 296 g/mol. The van der Waals surface area contributed by atoms with Crippen molar-refractivity contribution in [2.24, 2.45) is 5.92 Å². The second-order valence-electron chi connectivity index (χ2n) is 5.91. The van der Waals surface area contributed by atoms with Gasteiger partial charge in [0, 0.05) is 26.2 Å². The van der Waals surface area contributed by atoms with Gasteiger partial charge in [0.05, 0.1) is 4.90 Å². The van der Waals surface area contributed by atoms with Gasteiger partial charge in [-0.25, -0.2) is 12.7 Å². The highest BCUT2D eigenvalue weighted by Crippen LogP contribution is 2.30. The van der Waals surface area contributed by atoms with Crippen molar-refractivity contribution >= 4 is 10.0 Å². The van der Waals surface area contributed by atoms with Crippen molar-refractivity contribution in [3.8, 4) is 0 Å². The van der Waals surface area contributed by atoms with E-state index in [1.165, 1.54) is 4.31 Å². The lowest BCUT2D eigenvalue weighted by Crippen LogP contribution is -2.29. The third kappa shape index (κ3) is 4.04. The van der Waals surface area contributed by atoms with E-state index in [2.05, 4.69) is 19.2 Å². The van der Waals surface area contributed by atoms with Gasteiger partial charge in [0.1, 0.15) is 0 Å². The van der Waals surface area contributed by atoms with E-state index in [-0.39, 0.29) is 0 Å². The predicted octanol–water partition coefficient (Wildman–Crippen LogP) is 2.22. The van der Waals surface area contributed by atoms with Gasteiger partial charge in [-0.15, -0.1) is 0 Å². The first kappa shape index (κ1) is 15.5. The molecule has 0 aromatic heterocycles. The first-order valence-corrected chi connectivity index (χ1v) is 8.62. The topological polar surface area (TPSA) is 49.4 Å². The second-order valence-corrected chi connectivity index (χ2v) is 7.95. The van der Waals surface area contributed by atoms with Crippen LogP contribution < -0.4 is 5.32 Å². The fourth-order valence-electron chi connectivity index (χ4n) is 2.04. The van der Waals surface area contributed by atoms with Crippen LogP contribution in [0.15, 0.2) is 29.2 Å². The SMILES string of the molecule is CC(C)NCc1ccc(S(=O)(=O)N(C)CC2CC2)cc1. The third-order valence-corrected chi connectivity index (χ3v) is 5.40. The molecule has 0 amide bonds. The first-order valence-electron chi connectivity index (χ1n) is 7.18. The van der Waals surface area contributed by atoms with Crippen molar-refractivity contribution < 1.29 is 8.42 Å². The smallest absolute Gasteiger partial charge is 0.242 e. The van der Waals surface area contributed by atoms with E-state index in [0.717, 1.165) is 24.9 Å². The molecule has 0 unspecified atom stereocenters. The van der Waals surface area contributed by atoms with Gasteiger partial charge in [-0.2, -0.15) is 0 Å². The molecule has 0 bridgehead atoms. The molecule has 0 saturated heterocycles. The standard InChI is InChI=1S/C15H24N2O2S/c1-12(2)16-10-13-6-8-15(9-7-13)20(18,19)17(3)11-14-4-5-14/h6-9,12,14,16H,4-5,10-11H2,1-3H3. The van der Waals surface area contributed by atoms with Crippen LogP contribution in [0.1, 0.15) is 32.3 Å². The summed E-state index contributed by atoms with van der Waals surface area (Å²) in [7, 11) is -1.66. The van der Waals surface area contributed by atoms with Crippen LogP contribution in [0.5, 0.6) is 0 Å². The summed E-state index contributed by atoms with van der Waals surface area (Å²) in [5, 5.41) is 3.32. The Morgan fingerprint density at radius 2 is 1.85 bits per heavy atom. The van der Waals surface area contributed by atoms with Gasteiger partial charge in [0.2, 0.25) is 10.0 Å². The van der Waals surface area contributed by atoms with E-state index >= 15 is 0 Å². The molecule has 0 aliphatic heterocycles. The Morgan fingerprint density at radius 3 is 2.35 bits per heavy atom. The Bertz CT molecular complexity index is 533. The molecule has 1 fully saturated rings. The highest BCUT2D eigenvalue weighted by atomic mass is 32.2.